The minimum absolute atomic E-state index is 0.323. The highest BCUT2D eigenvalue weighted by Gasteiger charge is 2.14. The molecule has 0 radical (unpaired) electrons. The molecule has 2 aromatic rings. The Morgan fingerprint density at radius 3 is 2.63 bits per heavy atom. The van der Waals surface area contributed by atoms with Gasteiger partial charge < -0.3 is 4.90 Å². The fourth-order valence-electron chi connectivity index (χ4n) is 2.08. The summed E-state index contributed by atoms with van der Waals surface area (Å²) in [5.74, 6) is 0.914. The van der Waals surface area contributed by atoms with E-state index >= 15 is 0 Å². The van der Waals surface area contributed by atoms with Gasteiger partial charge in [0.1, 0.15) is 0 Å². The van der Waals surface area contributed by atoms with Crippen LogP contribution in [0.2, 0.25) is 0 Å². The topological polar surface area (TPSA) is 36.9 Å². The molecule has 0 bridgehead atoms. The highest BCUT2D eigenvalue weighted by Crippen LogP contribution is 2.22. The number of aromatic amines is 1. The molecule has 102 valence electrons. The van der Waals surface area contributed by atoms with Crippen LogP contribution in [0.15, 0.2) is 30.3 Å². The van der Waals surface area contributed by atoms with Crippen LogP contribution in [-0.4, -0.2) is 40.3 Å². The Morgan fingerprint density at radius 2 is 2.00 bits per heavy atom. The van der Waals surface area contributed by atoms with Crippen LogP contribution in [0.3, 0.4) is 0 Å². The van der Waals surface area contributed by atoms with Gasteiger partial charge in [-0.25, -0.2) is 0 Å². The van der Waals surface area contributed by atoms with Gasteiger partial charge in [0.15, 0.2) is 10.6 Å². The van der Waals surface area contributed by atoms with Gasteiger partial charge in [0.05, 0.1) is 0 Å². The maximum absolute atomic E-state index is 5.36. The second-order valence-electron chi connectivity index (χ2n) is 5.03. The van der Waals surface area contributed by atoms with Crippen molar-refractivity contribution in [1.29, 1.82) is 0 Å². The second-order valence-corrected chi connectivity index (χ2v) is 5.42. The first-order valence-corrected chi connectivity index (χ1v) is 6.87. The van der Waals surface area contributed by atoms with Crippen LogP contribution >= 0.6 is 12.2 Å². The molecule has 1 N–H and O–H groups in total. The largest absolute Gasteiger partial charge is 0.309 e. The third-order valence-corrected chi connectivity index (χ3v) is 3.46. The predicted molar refractivity (Wildman–Crippen MR) is 80.7 cm³/mol. The molecule has 0 spiro atoms. The lowest BCUT2D eigenvalue weighted by Gasteiger charge is -2.18. The van der Waals surface area contributed by atoms with Crippen LogP contribution < -0.4 is 0 Å². The van der Waals surface area contributed by atoms with Gasteiger partial charge in [-0.3, -0.25) is 9.67 Å². The number of aromatic nitrogens is 3. The van der Waals surface area contributed by atoms with E-state index in [1.807, 2.05) is 18.2 Å². The smallest absolute Gasteiger partial charge is 0.195 e. The maximum atomic E-state index is 5.36. The van der Waals surface area contributed by atoms with E-state index in [2.05, 4.69) is 52.8 Å². The van der Waals surface area contributed by atoms with Crippen LogP contribution in [0.4, 0.5) is 0 Å². The summed E-state index contributed by atoms with van der Waals surface area (Å²) in [4.78, 5) is 2.18. The van der Waals surface area contributed by atoms with E-state index < -0.39 is 0 Å². The maximum Gasteiger partial charge on any atom is 0.195 e. The molecular weight excluding hydrogens is 256 g/mol. The predicted octanol–water partition coefficient (Wildman–Crippen LogP) is 3.12. The monoisotopic (exact) mass is 276 g/mol. The van der Waals surface area contributed by atoms with Crippen molar-refractivity contribution < 1.29 is 0 Å². The van der Waals surface area contributed by atoms with E-state index in [0.717, 1.165) is 24.4 Å². The molecule has 0 aliphatic rings. The fraction of sp³-hybridized carbons (Fsp3) is 0.429. The number of hydrogen-bond acceptors (Lipinski definition) is 3. The molecular formula is C14H20N4S. The molecule has 1 aromatic carbocycles. The Bertz CT molecular complexity index is 571. The van der Waals surface area contributed by atoms with E-state index in [1.165, 1.54) is 0 Å². The van der Waals surface area contributed by atoms with Gasteiger partial charge in [0, 0.05) is 11.6 Å². The highest BCUT2D eigenvalue weighted by molar-refractivity contribution is 7.71. The molecule has 0 fully saturated rings. The third-order valence-electron chi connectivity index (χ3n) is 3.17. The summed E-state index contributed by atoms with van der Waals surface area (Å²) in [5, 5.41) is 7.27. The van der Waals surface area contributed by atoms with Gasteiger partial charge in [-0.15, -0.1) is 0 Å². The summed E-state index contributed by atoms with van der Waals surface area (Å²) >= 11 is 5.36. The van der Waals surface area contributed by atoms with Crippen molar-refractivity contribution in [2.45, 2.75) is 19.4 Å². The molecule has 19 heavy (non-hydrogen) atoms. The first-order chi connectivity index (χ1) is 9.09. The van der Waals surface area contributed by atoms with Crippen molar-refractivity contribution in [2.24, 2.45) is 0 Å². The number of H-pyrrole nitrogens is 1. The lowest BCUT2D eigenvalue weighted by atomic mass is 10.2. The third kappa shape index (κ3) is 3.30. The van der Waals surface area contributed by atoms with Gasteiger partial charge in [0.25, 0.3) is 0 Å². The quantitative estimate of drug-likeness (QED) is 0.853. The number of nitrogens with zero attached hydrogens (tertiary/aromatic N) is 3. The number of hydrogen-bond donors (Lipinski definition) is 1. The SMILES string of the molecule is CC(CCN(C)C)n1c(-c2ccccc2)n[nH]c1=S. The van der Waals surface area contributed by atoms with Gasteiger partial charge in [-0.2, -0.15) is 5.10 Å². The second kappa shape index (κ2) is 6.12. The number of rotatable bonds is 5. The number of benzene rings is 1. The Labute approximate surface area is 119 Å². The van der Waals surface area contributed by atoms with Gasteiger partial charge >= 0.3 is 0 Å². The van der Waals surface area contributed by atoms with Crippen LogP contribution in [0.5, 0.6) is 0 Å². The van der Waals surface area contributed by atoms with Crippen molar-refractivity contribution in [3.8, 4) is 11.4 Å². The molecule has 1 heterocycles. The van der Waals surface area contributed by atoms with Gasteiger partial charge in [0.2, 0.25) is 0 Å². The minimum Gasteiger partial charge on any atom is -0.309 e. The van der Waals surface area contributed by atoms with Crippen molar-refractivity contribution in [1.82, 2.24) is 19.7 Å². The van der Waals surface area contributed by atoms with E-state index in [1.54, 1.807) is 0 Å². The lowest BCUT2D eigenvalue weighted by Crippen LogP contribution is -2.18. The first kappa shape index (κ1) is 14.0. The van der Waals surface area contributed by atoms with Crippen LogP contribution in [-0.2, 0) is 0 Å². The van der Waals surface area contributed by atoms with Crippen molar-refractivity contribution in [2.75, 3.05) is 20.6 Å². The molecule has 4 nitrogen and oxygen atoms in total. The molecule has 1 atom stereocenters. The Kier molecular flexibility index (Phi) is 4.50. The summed E-state index contributed by atoms with van der Waals surface area (Å²) in [6.45, 7) is 3.21. The van der Waals surface area contributed by atoms with Crippen molar-refractivity contribution in [3.05, 3.63) is 35.1 Å². The van der Waals surface area contributed by atoms with Gasteiger partial charge in [-0.05, 0) is 46.2 Å². The Hall–Kier alpha value is -1.46. The average molecular weight is 276 g/mol. The van der Waals surface area contributed by atoms with Gasteiger partial charge in [-0.1, -0.05) is 30.3 Å². The van der Waals surface area contributed by atoms with Crippen molar-refractivity contribution in [3.63, 3.8) is 0 Å². The van der Waals surface area contributed by atoms with Crippen LogP contribution in [0.1, 0.15) is 19.4 Å². The van der Waals surface area contributed by atoms with E-state index in [9.17, 15) is 0 Å². The van der Waals surface area contributed by atoms with E-state index in [4.69, 9.17) is 12.2 Å². The highest BCUT2D eigenvalue weighted by atomic mass is 32.1. The summed E-state index contributed by atoms with van der Waals surface area (Å²) in [5.41, 5.74) is 1.09. The molecule has 1 aromatic heterocycles. The molecule has 0 saturated carbocycles. The molecule has 0 aliphatic heterocycles. The minimum atomic E-state index is 0.323. The molecule has 0 aliphatic carbocycles. The average Bonchev–Trinajstić information content (AvgIpc) is 2.79. The molecule has 1 unspecified atom stereocenters. The van der Waals surface area contributed by atoms with E-state index in [-0.39, 0.29) is 0 Å². The normalized spacial score (nSPS) is 12.8. The Balaban J connectivity index is 2.30. The summed E-state index contributed by atoms with van der Waals surface area (Å²) in [6.07, 6.45) is 1.04. The molecule has 5 heteroatoms. The van der Waals surface area contributed by atoms with E-state index in [0.29, 0.717) is 10.8 Å². The summed E-state index contributed by atoms with van der Waals surface area (Å²) < 4.78 is 2.79. The zero-order chi connectivity index (χ0) is 13.8. The first-order valence-electron chi connectivity index (χ1n) is 6.46. The van der Waals surface area contributed by atoms with Crippen LogP contribution in [0.25, 0.3) is 11.4 Å². The molecule has 2 rings (SSSR count). The number of nitrogens with one attached hydrogen (secondary N) is 1. The fourth-order valence-corrected chi connectivity index (χ4v) is 2.39. The lowest BCUT2D eigenvalue weighted by molar-refractivity contribution is 0.357. The molecule has 0 saturated heterocycles. The Morgan fingerprint density at radius 1 is 1.32 bits per heavy atom. The standard InChI is InChI=1S/C14H20N4S/c1-11(9-10-17(2)3)18-13(15-16-14(18)19)12-7-5-4-6-8-12/h4-8,11H,9-10H2,1-3H3,(H,16,19). The van der Waals surface area contributed by atoms with Crippen LogP contribution in [0, 0.1) is 4.77 Å². The van der Waals surface area contributed by atoms with Crippen molar-refractivity contribution >= 4 is 12.2 Å². The molecule has 0 amide bonds. The summed E-state index contributed by atoms with van der Waals surface area (Å²) in [7, 11) is 4.17. The zero-order valence-electron chi connectivity index (χ0n) is 11.6. The zero-order valence-corrected chi connectivity index (χ0v) is 12.4. The summed E-state index contributed by atoms with van der Waals surface area (Å²) in [6, 6.07) is 10.5.